The average Bonchev–Trinajstić information content (AvgIpc) is 1.27. The van der Waals surface area contributed by atoms with Gasteiger partial charge in [0.15, 0.2) is 0 Å². The summed E-state index contributed by atoms with van der Waals surface area (Å²) < 4.78 is 0.931. The second-order valence-corrected chi connectivity index (χ2v) is 5.45. The molecule has 0 aliphatic carbocycles. The number of halogens is 4. The molecule has 0 saturated heterocycles. The number of alkyl halides is 2. The van der Waals surface area contributed by atoms with Crippen LogP contribution in [0, 0.1) is 0 Å². The first-order valence-corrected chi connectivity index (χ1v) is 4.18. The Hall–Kier alpha value is 1.53. The predicted molar refractivity (Wildman–Crippen MR) is 46.5 cm³/mol. The number of hydrogen-bond donors (Lipinski definition) is 0. The fraction of sp³-hybridized carbons (Fsp3) is 0.333. The van der Waals surface area contributed by atoms with Gasteiger partial charge in [0.25, 0.3) is 0 Å². The minimum Gasteiger partial charge on any atom is -0.101 e. The molecule has 0 radical (unpaired) electrons. The highest BCUT2D eigenvalue weighted by Crippen LogP contribution is 2.17. The standard InChI is InChI=1S/C3H2BrCl2I/c4-2(7)1-3(5)6/h1,3H. The molecule has 0 heterocycles. The van der Waals surface area contributed by atoms with Gasteiger partial charge in [-0.2, -0.15) is 0 Å². The second-order valence-electron chi connectivity index (χ2n) is 0.791. The molecule has 0 aromatic heterocycles. The van der Waals surface area contributed by atoms with Crippen LogP contribution in [0.3, 0.4) is 0 Å². The highest BCUT2D eigenvalue weighted by atomic mass is 127. The van der Waals surface area contributed by atoms with E-state index in [2.05, 4.69) is 38.5 Å². The summed E-state index contributed by atoms with van der Waals surface area (Å²) >= 11 is 15.9. The Bertz CT molecular complexity index is 77.0. The van der Waals surface area contributed by atoms with Gasteiger partial charge in [-0.05, 0) is 44.6 Å². The molecule has 0 aliphatic heterocycles. The lowest BCUT2D eigenvalue weighted by Crippen LogP contribution is -1.73. The van der Waals surface area contributed by atoms with Crippen molar-refractivity contribution in [2.45, 2.75) is 4.84 Å². The van der Waals surface area contributed by atoms with Gasteiger partial charge in [-0.25, -0.2) is 0 Å². The van der Waals surface area contributed by atoms with Crippen LogP contribution in [-0.4, -0.2) is 4.84 Å². The largest absolute Gasteiger partial charge is 0.127 e. The minimum absolute atomic E-state index is 0.397. The summed E-state index contributed by atoms with van der Waals surface area (Å²) in [7, 11) is 0. The van der Waals surface area contributed by atoms with E-state index in [4.69, 9.17) is 23.2 Å². The summed E-state index contributed by atoms with van der Waals surface area (Å²) in [6.45, 7) is 0. The molecule has 0 saturated carbocycles. The van der Waals surface area contributed by atoms with Gasteiger partial charge in [0.1, 0.15) is 4.84 Å². The first-order chi connectivity index (χ1) is 3.13. The van der Waals surface area contributed by atoms with Crippen molar-refractivity contribution in [3.63, 3.8) is 0 Å². The lowest BCUT2D eigenvalue weighted by atomic mass is 10.8. The van der Waals surface area contributed by atoms with Crippen LogP contribution in [0.25, 0.3) is 0 Å². The maximum atomic E-state index is 5.33. The van der Waals surface area contributed by atoms with E-state index in [9.17, 15) is 0 Å². The van der Waals surface area contributed by atoms with E-state index in [-0.39, 0.29) is 0 Å². The normalized spacial score (nSPS) is 13.0. The SMILES string of the molecule is ClC(Cl)C=C(Br)I. The van der Waals surface area contributed by atoms with Crippen molar-refractivity contribution in [1.82, 2.24) is 0 Å². The van der Waals surface area contributed by atoms with Crippen LogP contribution in [0.2, 0.25) is 0 Å². The Morgan fingerprint density at radius 2 is 2.14 bits per heavy atom. The van der Waals surface area contributed by atoms with E-state index in [1.54, 1.807) is 6.08 Å². The molecule has 0 unspecified atom stereocenters. The van der Waals surface area contributed by atoms with E-state index in [1.807, 2.05) is 0 Å². The molecule has 4 heteroatoms. The highest BCUT2D eigenvalue weighted by molar-refractivity contribution is 14.1. The molecule has 0 rings (SSSR count). The topological polar surface area (TPSA) is 0 Å². The van der Waals surface area contributed by atoms with Crippen LogP contribution >= 0.6 is 61.7 Å². The quantitative estimate of drug-likeness (QED) is 0.513. The van der Waals surface area contributed by atoms with Crippen molar-refractivity contribution in [3.05, 3.63) is 8.57 Å². The molecule has 0 aromatic carbocycles. The molecule has 0 nitrogen and oxygen atoms in total. The highest BCUT2D eigenvalue weighted by Gasteiger charge is 1.90. The van der Waals surface area contributed by atoms with E-state index in [0.717, 1.165) is 2.49 Å². The Kier molecular flexibility index (Phi) is 5.38. The summed E-state index contributed by atoms with van der Waals surface area (Å²) in [5.41, 5.74) is 0. The molecule has 0 fully saturated rings. The van der Waals surface area contributed by atoms with Gasteiger partial charge < -0.3 is 0 Å². The molecule has 42 valence electrons. The van der Waals surface area contributed by atoms with E-state index >= 15 is 0 Å². The molecular weight excluding hydrogens is 314 g/mol. The Morgan fingerprint density at radius 1 is 1.71 bits per heavy atom. The van der Waals surface area contributed by atoms with Crippen molar-refractivity contribution in [2.24, 2.45) is 0 Å². The Labute approximate surface area is 74.5 Å². The van der Waals surface area contributed by atoms with Crippen LogP contribution in [-0.2, 0) is 0 Å². The summed E-state index contributed by atoms with van der Waals surface area (Å²) in [6.07, 6.45) is 1.68. The van der Waals surface area contributed by atoms with E-state index in [0.29, 0.717) is 0 Å². The zero-order valence-corrected chi connectivity index (χ0v) is 8.42. The molecule has 0 amide bonds. The van der Waals surface area contributed by atoms with Crippen molar-refractivity contribution < 1.29 is 0 Å². The second kappa shape index (κ2) is 4.41. The van der Waals surface area contributed by atoms with Crippen molar-refractivity contribution in [1.29, 1.82) is 0 Å². The van der Waals surface area contributed by atoms with Crippen LogP contribution in [0.5, 0.6) is 0 Å². The van der Waals surface area contributed by atoms with Crippen LogP contribution in [0.15, 0.2) is 8.57 Å². The number of allylic oxidation sites excluding steroid dienone is 1. The summed E-state index contributed by atoms with van der Waals surface area (Å²) in [5.74, 6) is 0. The van der Waals surface area contributed by atoms with Gasteiger partial charge >= 0.3 is 0 Å². The predicted octanol–water partition coefficient (Wildman–Crippen LogP) is 3.46. The molecule has 0 spiro atoms. The first-order valence-electron chi connectivity index (χ1n) is 1.44. The maximum Gasteiger partial charge on any atom is 0.127 e. The average molecular weight is 316 g/mol. The van der Waals surface area contributed by atoms with E-state index in [1.165, 1.54) is 0 Å². The Morgan fingerprint density at radius 3 is 2.14 bits per heavy atom. The van der Waals surface area contributed by atoms with Gasteiger partial charge in [0.2, 0.25) is 0 Å². The lowest BCUT2D eigenvalue weighted by molar-refractivity contribution is 1.63. The number of rotatable bonds is 1. The number of hydrogen-bond acceptors (Lipinski definition) is 0. The summed E-state index contributed by atoms with van der Waals surface area (Å²) in [4.78, 5) is -0.397. The first kappa shape index (κ1) is 8.53. The minimum atomic E-state index is -0.397. The van der Waals surface area contributed by atoms with Crippen molar-refractivity contribution in [3.8, 4) is 0 Å². The molecule has 7 heavy (non-hydrogen) atoms. The molecule has 0 atom stereocenters. The fourth-order valence-corrected chi connectivity index (χ4v) is 1.70. The third-order valence-electron chi connectivity index (χ3n) is 0.252. The summed E-state index contributed by atoms with van der Waals surface area (Å²) in [5, 5.41) is 0. The van der Waals surface area contributed by atoms with Crippen LogP contribution < -0.4 is 0 Å². The van der Waals surface area contributed by atoms with Crippen molar-refractivity contribution in [2.75, 3.05) is 0 Å². The zero-order chi connectivity index (χ0) is 5.86. The van der Waals surface area contributed by atoms with Gasteiger partial charge in [0, 0.05) is 0 Å². The van der Waals surface area contributed by atoms with Gasteiger partial charge in [-0.3, -0.25) is 0 Å². The van der Waals surface area contributed by atoms with Crippen LogP contribution in [0.1, 0.15) is 0 Å². The molecule has 0 N–H and O–H groups in total. The van der Waals surface area contributed by atoms with Gasteiger partial charge in [-0.1, -0.05) is 0 Å². The Balaban J connectivity index is 3.45. The maximum absolute atomic E-state index is 5.33. The van der Waals surface area contributed by atoms with Crippen molar-refractivity contribution >= 4 is 61.7 Å². The monoisotopic (exact) mass is 314 g/mol. The fourth-order valence-electron chi connectivity index (χ4n) is 0.0952. The molecule has 0 aliphatic rings. The van der Waals surface area contributed by atoms with Crippen LogP contribution in [0.4, 0.5) is 0 Å². The van der Waals surface area contributed by atoms with Gasteiger partial charge in [0.05, 0.1) is 2.49 Å². The lowest BCUT2D eigenvalue weighted by Gasteiger charge is -1.85. The summed E-state index contributed by atoms with van der Waals surface area (Å²) in [6, 6.07) is 0. The third-order valence-corrected chi connectivity index (χ3v) is 1.13. The molecule has 0 aromatic rings. The third kappa shape index (κ3) is 7.53. The molecule has 0 bridgehead atoms. The van der Waals surface area contributed by atoms with Gasteiger partial charge in [-0.15, -0.1) is 23.2 Å². The van der Waals surface area contributed by atoms with E-state index < -0.39 is 4.84 Å². The smallest absolute Gasteiger partial charge is 0.101 e. The molecular formula is C3H2BrCl2I. The zero-order valence-electron chi connectivity index (χ0n) is 3.17.